The second kappa shape index (κ2) is 4.29. The van der Waals surface area contributed by atoms with Crippen molar-refractivity contribution >= 4 is 15.9 Å². The Balaban J connectivity index is 3.43. The van der Waals surface area contributed by atoms with Gasteiger partial charge in [-0.2, -0.15) is 0 Å². The molecule has 0 atom stereocenters. The number of aromatic hydroxyl groups is 1. The standard InChI is InChI=1S/C10H14BrNO2/c1-5-6(2)10(13)9(11)7(3)8(5)4-12-14/h12-14H,4H2,1-3H3. The number of hydrogen-bond acceptors (Lipinski definition) is 3. The molecule has 0 unspecified atom stereocenters. The second-order valence-corrected chi connectivity index (χ2v) is 4.14. The van der Waals surface area contributed by atoms with Gasteiger partial charge in [0.25, 0.3) is 0 Å². The highest BCUT2D eigenvalue weighted by Crippen LogP contribution is 2.35. The lowest BCUT2D eigenvalue weighted by molar-refractivity contribution is 0.161. The molecule has 0 spiro atoms. The van der Waals surface area contributed by atoms with Gasteiger partial charge >= 0.3 is 0 Å². The maximum absolute atomic E-state index is 9.73. The van der Waals surface area contributed by atoms with E-state index in [9.17, 15) is 5.11 Å². The SMILES string of the molecule is Cc1c(C)c(CNO)c(C)c(Br)c1O. The largest absolute Gasteiger partial charge is 0.506 e. The average Bonchev–Trinajstić information content (AvgIpc) is 2.19. The van der Waals surface area contributed by atoms with Gasteiger partial charge in [-0.1, -0.05) is 0 Å². The van der Waals surface area contributed by atoms with E-state index in [-0.39, 0.29) is 5.75 Å². The van der Waals surface area contributed by atoms with Crippen molar-refractivity contribution in [3.05, 3.63) is 26.7 Å². The number of hydrogen-bond donors (Lipinski definition) is 3. The fourth-order valence-corrected chi connectivity index (χ4v) is 2.04. The van der Waals surface area contributed by atoms with Crippen LogP contribution in [0.4, 0.5) is 0 Å². The van der Waals surface area contributed by atoms with Crippen LogP contribution in [-0.4, -0.2) is 10.3 Å². The molecule has 1 aromatic rings. The summed E-state index contributed by atoms with van der Waals surface area (Å²) in [6.45, 7) is 6.08. The third-order valence-corrected chi connectivity index (χ3v) is 3.59. The van der Waals surface area contributed by atoms with Crippen LogP contribution in [0.15, 0.2) is 4.47 Å². The van der Waals surface area contributed by atoms with Crippen LogP contribution in [0.1, 0.15) is 22.3 Å². The molecule has 3 N–H and O–H groups in total. The van der Waals surface area contributed by atoms with E-state index in [0.717, 1.165) is 22.3 Å². The van der Waals surface area contributed by atoms with Gasteiger partial charge in [0.2, 0.25) is 0 Å². The summed E-state index contributed by atoms with van der Waals surface area (Å²) in [7, 11) is 0. The van der Waals surface area contributed by atoms with Crippen LogP contribution in [0.2, 0.25) is 0 Å². The zero-order valence-corrected chi connectivity index (χ0v) is 10.1. The van der Waals surface area contributed by atoms with Crippen molar-refractivity contribution in [2.75, 3.05) is 0 Å². The molecule has 0 aliphatic rings. The molecule has 0 aromatic heterocycles. The molecule has 4 heteroatoms. The summed E-state index contributed by atoms with van der Waals surface area (Å²) in [5.41, 5.74) is 5.94. The van der Waals surface area contributed by atoms with Gasteiger partial charge in [0.05, 0.1) is 4.47 Å². The number of hydroxylamine groups is 1. The molecule has 0 bridgehead atoms. The summed E-state index contributed by atoms with van der Waals surface area (Å²) >= 11 is 3.33. The fraction of sp³-hybridized carbons (Fsp3) is 0.400. The first-order valence-electron chi connectivity index (χ1n) is 4.34. The minimum Gasteiger partial charge on any atom is -0.506 e. The van der Waals surface area contributed by atoms with Gasteiger partial charge in [-0.15, -0.1) is 0 Å². The van der Waals surface area contributed by atoms with Crippen LogP contribution in [0.25, 0.3) is 0 Å². The molecule has 0 fully saturated rings. The Labute approximate surface area is 91.9 Å². The van der Waals surface area contributed by atoms with Crippen LogP contribution in [0.3, 0.4) is 0 Å². The summed E-state index contributed by atoms with van der Waals surface area (Å²) < 4.78 is 0.700. The predicted molar refractivity (Wildman–Crippen MR) is 58.6 cm³/mol. The van der Waals surface area contributed by atoms with E-state index in [1.54, 1.807) is 0 Å². The minimum absolute atomic E-state index is 0.279. The molecule has 0 saturated carbocycles. The molecule has 14 heavy (non-hydrogen) atoms. The summed E-state index contributed by atoms with van der Waals surface area (Å²) in [6.07, 6.45) is 0. The molecule has 0 saturated heterocycles. The molecule has 1 rings (SSSR count). The van der Waals surface area contributed by atoms with E-state index in [1.807, 2.05) is 20.8 Å². The minimum atomic E-state index is 0.279. The van der Waals surface area contributed by atoms with Crippen molar-refractivity contribution in [2.45, 2.75) is 27.3 Å². The lowest BCUT2D eigenvalue weighted by atomic mass is 9.97. The molecule has 1 aromatic carbocycles. The van der Waals surface area contributed by atoms with Crippen molar-refractivity contribution in [3.63, 3.8) is 0 Å². The maximum atomic E-state index is 9.73. The van der Waals surface area contributed by atoms with Crippen LogP contribution < -0.4 is 5.48 Å². The highest BCUT2D eigenvalue weighted by Gasteiger charge is 2.14. The number of benzene rings is 1. The van der Waals surface area contributed by atoms with Crippen molar-refractivity contribution in [2.24, 2.45) is 0 Å². The van der Waals surface area contributed by atoms with E-state index in [1.165, 1.54) is 0 Å². The maximum Gasteiger partial charge on any atom is 0.133 e. The van der Waals surface area contributed by atoms with E-state index in [2.05, 4.69) is 21.4 Å². The van der Waals surface area contributed by atoms with Crippen LogP contribution in [0.5, 0.6) is 5.75 Å². The third kappa shape index (κ3) is 1.78. The van der Waals surface area contributed by atoms with Crippen LogP contribution >= 0.6 is 15.9 Å². The summed E-state index contributed by atoms with van der Waals surface area (Å²) in [4.78, 5) is 0. The number of phenolic OH excluding ortho intramolecular Hbond substituents is 1. The fourth-order valence-electron chi connectivity index (χ4n) is 1.50. The van der Waals surface area contributed by atoms with Gasteiger partial charge < -0.3 is 10.3 Å². The zero-order chi connectivity index (χ0) is 10.9. The van der Waals surface area contributed by atoms with Crippen molar-refractivity contribution < 1.29 is 10.3 Å². The van der Waals surface area contributed by atoms with Gasteiger partial charge in [-0.25, -0.2) is 5.48 Å². The van der Waals surface area contributed by atoms with E-state index >= 15 is 0 Å². The number of phenols is 1. The summed E-state index contributed by atoms with van der Waals surface area (Å²) in [6, 6.07) is 0. The molecule has 0 aliphatic heterocycles. The summed E-state index contributed by atoms with van der Waals surface area (Å²) in [5.74, 6) is 0.279. The van der Waals surface area contributed by atoms with Crippen molar-refractivity contribution in [3.8, 4) is 5.75 Å². The topological polar surface area (TPSA) is 52.5 Å². The lowest BCUT2D eigenvalue weighted by Crippen LogP contribution is -2.10. The average molecular weight is 260 g/mol. The second-order valence-electron chi connectivity index (χ2n) is 3.35. The first-order valence-corrected chi connectivity index (χ1v) is 5.14. The number of rotatable bonds is 2. The van der Waals surface area contributed by atoms with Crippen molar-refractivity contribution in [1.82, 2.24) is 5.48 Å². The quantitative estimate of drug-likeness (QED) is 0.716. The Hall–Kier alpha value is -0.580. The predicted octanol–water partition coefficient (Wildman–Crippen LogP) is 2.56. The number of nitrogens with one attached hydrogen (secondary N) is 1. The highest BCUT2D eigenvalue weighted by molar-refractivity contribution is 9.10. The first-order chi connectivity index (χ1) is 6.50. The molecular weight excluding hydrogens is 246 g/mol. The molecule has 0 amide bonds. The molecule has 78 valence electrons. The van der Waals surface area contributed by atoms with Crippen LogP contribution in [-0.2, 0) is 6.54 Å². The van der Waals surface area contributed by atoms with E-state index in [4.69, 9.17) is 5.21 Å². The Morgan fingerprint density at radius 3 is 2.21 bits per heavy atom. The molecular formula is C10H14BrNO2. The first kappa shape index (κ1) is 11.5. The lowest BCUT2D eigenvalue weighted by Gasteiger charge is -2.15. The molecule has 3 nitrogen and oxygen atoms in total. The summed E-state index contributed by atoms with van der Waals surface area (Å²) in [5, 5.41) is 18.4. The Morgan fingerprint density at radius 2 is 1.71 bits per heavy atom. The molecule has 0 aliphatic carbocycles. The van der Waals surface area contributed by atoms with Crippen LogP contribution in [0, 0.1) is 20.8 Å². The van der Waals surface area contributed by atoms with Crippen molar-refractivity contribution in [1.29, 1.82) is 0 Å². The Bertz CT molecular complexity index is 335. The normalized spacial score (nSPS) is 10.6. The van der Waals surface area contributed by atoms with Gasteiger partial charge in [0.1, 0.15) is 5.75 Å². The smallest absolute Gasteiger partial charge is 0.133 e. The van der Waals surface area contributed by atoms with Gasteiger partial charge in [-0.05, 0) is 59.0 Å². The van der Waals surface area contributed by atoms with E-state index < -0.39 is 0 Å². The Kier molecular flexibility index (Phi) is 3.53. The third-order valence-electron chi connectivity index (χ3n) is 2.62. The van der Waals surface area contributed by atoms with Gasteiger partial charge in [-0.3, -0.25) is 0 Å². The Morgan fingerprint density at radius 1 is 1.14 bits per heavy atom. The zero-order valence-electron chi connectivity index (χ0n) is 8.48. The molecule has 0 radical (unpaired) electrons. The van der Waals surface area contributed by atoms with Gasteiger partial charge in [0, 0.05) is 6.54 Å². The van der Waals surface area contributed by atoms with E-state index in [0.29, 0.717) is 11.0 Å². The van der Waals surface area contributed by atoms with Gasteiger partial charge in [0.15, 0.2) is 0 Å². The highest BCUT2D eigenvalue weighted by atomic mass is 79.9. The monoisotopic (exact) mass is 259 g/mol. The number of halogens is 1. The molecule has 0 heterocycles.